The molecule has 1 unspecified atom stereocenters. The molecular formula is C42H42ClN7O5. The van der Waals surface area contributed by atoms with E-state index >= 15 is 0 Å². The van der Waals surface area contributed by atoms with Crippen LogP contribution < -0.4 is 20.4 Å². The molecular weight excluding hydrogens is 718 g/mol. The van der Waals surface area contributed by atoms with E-state index in [0.717, 1.165) is 85.2 Å². The van der Waals surface area contributed by atoms with Gasteiger partial charge in [-0.25, -0.2) is 0 Å². The van der Waals surface area contributed by atoms with Crippen LogP contribution in [0.1, 0.15) is 88.0 Å². The van der Waals surface area contributed by atoms with E-state index in [4.69, 9.17) is 11.6 Å². The van der Waals surface area contributed by atoms with Crippen LogP contribution in [0.15, 0.2) is 67.0 Å². The van der Waals surface area contributed by atoms with Gasteiger partial charge < -0.3 is 19.7 Å². The third-order valence-electron chi connectivity index (χ3n) is 11.9. The van der Waals surface area contributed by atoms with E-state index in [1.165, 1.54) is 0 Å². The molecule has 4 aliphatic rings. The van der Waals surface area contributed by atoms with Gasteiger partial charge in [-0.15, -0.1) is 0 Å². The van der Waals surface area contributed by atoms with Gasteiger partial charge in [-0.1, -0.05) is 11.6 Å². The fourth-order valence-corrected chi connectivity index (χ4v) is 8.89. The lowest BCUT2D eigenvalue weighted by molar-refractivity contribution is -0.136. The number of nitriles is 1. The number of carbonyl (C=O) groups excluding carboxylic acids is 5. The number of piperidine rings is 2. The lowest BCUT2D eigenvalue weighted by Gasteiger charge is -2.36. The highest BCUT2D eigenvalue weighted by molar-refractivity contribution is 6.32. The van der Waals surface area contributed by atoms with Crippen LogP contribution in [0.25, 0.3) is 10.8 Å². The van der Waals surface area contributed by atoms with E-state index in [1.54, 1.807) is 18.2 Å². The fraction of sp³-hybridized carbons (Fsp3) is 0.381. The average Bonchev–Trinajstić information content (AvgIpc) is 3.69. The van der Waals surface area contributed by atoms with Gasteiger partial charge in [0, 0.05) is 85.3 Å². The SMILES string of the molecule is CN(c1ccc(C#N)c(Cl)c1)C1CCC(NC(=O)c2ccc(N3CCC(Cn4cc5cc6c(cc5c4)C(=O)N(C4CCC(=O)NC4=O)C6=O)CC3)cc2)CC1. The van der Waals surface area contributed by atoms with Crippen molar-refractivity contribution in [1.29, 1.82) is 5.26 Å². The molecule has 282 valence electrons. The molecule has 12 nitrogen and oxygen atoms in total. The number of imide groups is 2. The minimum Gasteiger partial charge on any atom is -0.372 e. The lowest BCUT2D eigenvalue weighted by atomic mass is 9.90. The Morgan fingerprint density at radius 1 is 0.891 bits per heavy atom. The average molecular weight is 760 g/mol. The zero-order chi connectivity index (χ0) is 38.4. The zero-order valence-electron chi connectivity index (χ0n) is 30.6. The van der Waals surface area contributed by atoms with Gasteiger partial charge in [0.25, 0.3) is 17.7 Å². The number of benzene rings is 3. The molecule has 2 saturated heterocycles. The molecule has 3 fully saturated rings. The van der Waals surface area contributed by atoms with E-state index in [1.807, 2.05) is 48.8 Å². The number of aromatic nitrogens is 1. The standard InChI is InChI=1S/C42H42ClN7O5/c1-47(33-9-4-27(21-44)36(43)20-33)31-10-5-30(6-11-31)45-39(52)26-2-7-32(8-3-26)49-16-14-25(15-17-49)22-48-23-28-18-34-35(19-29(28)24-48)42(55)50(41(34)54)37-12-13-38(51)46-40(37)53/h2-4,7-9,18-20,23-25,30-31,37H,5-6,10-17,22H2,1H3,(H,45,52)(H,46,51,53). The number of fused-ring (bicyclic) bond motifs is 2. The van der Waals surface area contributed by atoms with E-state index in [-0.39, 0.29) is 35.9 Å². The van der Waals surface area contributed by atoms with Crippen LogP contribution in [0.4, 0.5) is 11.4 Å². The molecule has 0 bridgehead atoms. The van der Waals surface area contributed by atoms with Crippen molar-refractivity contribution in [2.45, 2.75) is 76.0 Å². The Bertz CT molecular complexity index is 2190. The first-order valence-corrected chi connectivity index (χ1v) is 19.4. The summed E-state index contributed by atoms with van der Waals surface area (Å²) in [7, 11) is 2.05. The van der Waals surface area contributed by atoms with Crippen LogP contribution in [-0.2, 0) is 16.1 Å². The lowest BCUT2D eigenvalue weighted by Crippen LogP contribution is -2.54. The van der Waals surface area contributed by atoms with Gasteiger partial charge >= 0.3 is 0 Å². The Kier molecular flexibility index (Phi) is 9.82. The number of nitrogens with zero attached hydrogens (tertiary/aromatic N) is 5. The summed E-state index contributed by atoms with van der Waals surface area (Å²) in [6.07, 6.45) is 9.92. The Labute approximate surface area is 324 Å². The van der Waals surface area contributed by atoms with Crippen LogP contribution in [0.2, 0.25) is 5.02 Å². The van der Waals surface area contributed by atoms with E-state index in [2.05, 4.69) is 38.1 Å². The quantitative estimate of drug-likeness (QED) is 0.219. The Hall–Kier alpha value is -5.67. The summed E-state index contributed by atoms with van der Waals surface area (Å²) in [4.78, 5) is 69.3. The minimum atomic E-state index is -0.980. The largest absolute Gasteiger partial charge is 0.372 e. The number of anilines is 2. The topological polar surface area (TPSA) is 148 Å². The normalized spacial score (nSPS) is 21.7. The Morgan fingerprint density at radius 2 is 1.55 bits per heavy atom. The summed E-state index contributed by atoms with van der Waals surface area (Å²) in [6, 6.07) is 18.5. The first kappa shape index (κ1) is 36.3. The fourth-order valence-electron chi connectivity index (χ4n) is 8.67. The number of halogens is 1. The highest BCUT2D eigenvalue weighted by atomic mass is 35.5. The van der Waals surface area contributed by atoms with E-state index in [9.17, 15) is 29.2 Å². The van der Waals surface area contributed by atoms with Gasteiger partial charge in [0.1, 0.15) is 12.1 Å². The van der Waals surface area contributed by atoms with Gasteiger partial charge in [0.15, 0.2) is 0 Å². The summed E-state index contributed by atoms with van der Waals surface area (Å²) in [6.45, 7) is 2.62. The number of amides is 5. The maximum atomic E-state index is 13.3. The zero-order valence-corrected chi connectivity index (χ0v) is 31.3. The first-order valence-electron chi connectivity index (χ1n) is 19.0. The van der Waals surface area contributed by atoms with Gasteiger partial charge in [-0.05, 0) is 105 Å². The molecule has 1 aromatic heterocycles. The molecule has 0 spiro atoms. The van der Waals surface area contributed by atoms with Crippen molar-refractivity contribution in [3.05, 3.63) is 94.3 Å². The first-order chi connectivity index (χ1) is 26.6. The molecule has 13 heteroatoms. The summed E-state index contributed by atoms with van der Waals surface area (Å²) < 4.78 is 2.14. The van der Waals surface area contributed by atoms with Crippen LogP contribution >= 0.6 is 11.6 Å². The molecule has 3 aliphatic heterocycles. The molecule has 8 rings (SSSR count). The monoisotopic (exact) mass is 759 g/mol. The van der Waals surface area contributed by atoms with Crippen molar-refractivity contribution in [3.63, 3.8) is 0 Å². The predicted octanol–water partition coefficient (Wildman–Crippen LogP) is 5.66. The molecule has 3 aromatic carbocycles. The van der Waals surface area contributed by atoms with E-state index < -0.39 is 29.7 Å². The van der Waals surface area contributed by atoms with Crippen LogP contribution in [0, 0.1) is 17.2 Å². The number of rotatable bonds is 8. The van der Waals surface area contributed by atoms with Gasteiger partial charge in [0.05, 0.1) is 21.7 Å². The molecule has 2 N–H and O–H groups in total. The van der Waals surface area contributed by atoms with E-state index in [0.29, 0.717) is 28.1 Å². The number of hydrogen-bond donors (Lipinski definition) is 2. The second-order valence-electron chi connectivity index (χ2n) is 15.3. The molecule has 1 aliphatic carbocycles. The predicted molar refractivity (Wildman–Crippen MR) is 208 cm³/mol. The molecule has 4 aromatic rings. The van der Waals surface area contributed by atoms with Crippen molar-refractivity contribution < 1.29 is 24.0 Å². The van der Waals surface area contributed by atoms with Gasteiger partial charge in [-0.3, -0.25) is 34.2 Å². The second kappa shape index (κ2) is 14.9. The van der Waals surface area contributed by atoms with Crippen LogP contribution in [0.3, 0.4) is 0 Å². The maximum Gasteiger partial charge on any atom is 0.262 e. The summed E-state index contributed by atoms with van der Waals surface area (Å²) in [5, 5.41) is 16.8. The van der Waals surface area contributed by atoms with Crippen molar-refractivity contribution >= 4 is 63.3 Å². The molecule has 1 atom stereocenters. The highest BCUT2D eigenvalue weighted by Gasteiger charge is 2.44. The van der Waals surface area contributed by atoms with Gasteiger partial charge in [0.2, 0.25) is 11.8 Å². The minimum absolute atomic E-state index is 0.0503. The second-order valence-corrected chi connectivity index (χ2v) is 15.7. The Balaban J connectivity index is 0.810. The third-order valence-corrected chi connectivity index (χ3v) is 12.2. The summed E-state index contributed by atoms with van der Waals surface area (Å²) >= 11 is 6.26. The van der Waals surface area contributed by atoms with Crippen molar-refractivity contribution in [3.8, 4) is 6.07 Å². The molecule has 0 radical (unpaired) electrons. The third kappa shape index (κ3) is 7.16. The molecule has 55 heavy (non-hydrogen) atoms. The number of carbonyl (C=O) groups is 5. The summed E-state index contributed by atoms with van der Waals surface area (Å²) in [5.74, 6) is -1.60. The van der Waals surface area contributed by atoms with Crippen molar-refractivity contribution in [2.75, 3.05) is 29.9 Å². The molecule has 1 saturated carbocycles. The molecule has 5 amide bonds. The Morgan fingerprint density at radius 3 is 2.15 bits per heavy atom. The van der Waals surface area contributed by atoms with Crippen LogP contribution in [-0.4, -0.2) is 77.3 Å². The summed E-state index contributed by atoms with van der Waals surface area (Å²) in [5.41, 5.74) is 3.79. The van der Waals surface area contributed by atoms with Crippen molar-refractivity contribution in [2.24, 2.45) is 5.92 Å². The maximum absolute atomic E-state index is 13.3. The van der Waals surface area contributed by atoms with Crippen LogP contribution in [0.5, 0.6) is 0 Å². The smallest absolute Gasteiger partial charge is 0.262 e. The number of hydrogen-bond acceptors (Lipinski definition) is 8. The number of nitrogens with one attached hydrogen (secondary N) is 2. The highest BCUT2D eigenvalue weighted by Crippen LogP contribution is 2.33. The van der Waals surface area contributed by atoms with Crippen molar-refractivity contribution in [1.82, 2.24) is 20.1 Å². The molecule has 4 heterocycles. The van der Waals surface area contributed by atoms with Gasteiger partial charge in [-0.2, -0.15) is 5.26 Å².